The predicted molar refractivity (Wildman–Crippen MR) is 53.2 cm³/mol. The molecule has 3 heteroatoms. The second-order valence-corrected chi connectivity index (χ2v) is 4.07. The molecule has 76 valence electrons. The molecule has 0 atom stereocenters. The topological polar surface area (TPSA) is 42.1 Å². The molecule has 0 aromatic carbocycles. The molecule has 1 saturated heterocycles. The van der Waals surface area contributed by atoms with E-state index >= 15 is 0 Å². The summed E-state index contributed by atoms with van der Waals surface area (Å²) in [6.45, 7) is 3.14. The van der Waals surface area contributed by atoms with E-state index < -0.39 is 0 Å². The van der Waals surface area contributed by atoms with Crippen LogP contribution in [-0.4, -0.2) is 24.0 Å². The average molecular weight is 193 g/mol. The fourth-order valence-corrected chi connectivity index (χ4v) is 1.87. The summed E-state index contributed by atoms with van der Waals surface area (Å²) in [6, 6.07) is 2.07. The van der Waals surface area contributed by atoms with E-state index in [9.17, 15) is 4.79 Å². The van der Waals surface area contributed by atoms with Gasteiger partial charge in [-0.25, -0.2) is 0 Å². The first-order valence-corrected chi connectivity index (χ1v) is 4.93. The zero-order valence-corrected chi connectivity index (χ0v) is 8.38. The molecule has 0 bridgehead atoms. The number of H-pyrrole nitrogens is 1. The summed E-state index contributed by atoms with van der Waals surface area (Å²) in [7, 11) is 0. The Hall–Kier alpha value is -1.09. The Morgan fingerprint density at radius 1 is 1.64 bits per heavy atom. The highest BCUT2D eigenvalue weighted by Crippen LogP contribution is 2.36. The maximum absolute atomic E-state index is 11.0. The van der Waals surface area contributed by atoms with Crippen LogP contribution >= 0.6 is 0 Å². The molecular weight excluding hydrogens is 178 g/mol. The van der Waals surface area contributed by atoms with Crippen LogP contribution in [0.1, 0.15) is 25.3 Å². The molecule has 1 aliphatic rings. The number of Topliss-reactive ketones (excluding diaryl/α,β-unsaturated/α-hetero) is 1. The van der Waals surface area contributed by atoms with Crippen LogP contribution in [0.2, 0.25) is 0 Å². The van der Waals surface area contributed by atoms with Crippen LogP contribution in [0.15, 0.2) is 18.5 Å². The predicted octanol–water partition coefficient (Wildman–Crippen LogP) is 1.65. The van der Waals surface area contributed by atoms with Crippen LogP contribution < -0.4 is 0 Å². The number of ether oxygens (including phenoxy) is 1. The van der Waals surface area contributed by atoms with E-state index in [1.807, 2.05) is 12.4 Å². The fourth-order valence-electron chi connectivity index (χ4n) is 1.87. The van der Waals surface area contributed by atoms with Gasteiger partial charge in [0.05, 0.1) is 13.2 Å². The van der Waals surface area contributed by atoms with Gasteiger partial charge in [-0.1, -0.05) is 0 Å². The molecule has 0 amide bonds. The summed E-state index contributed by atoms with van der Waals surface area (Å²) in [4.78, 5) is 14.0. The Labute approximate surface area is 83.5 Å². The van der Waals surface area contributed by atoms with Gasteiger partial charge in [0.1, 0.15) is 5.78 Å². The van der Waals surface area contributed by atoms with E-state index in [-0.39, 0.29) is 11.2 Å². The average Bonchev–Trinajstić information content (AvgIpc) is 2.55. The minimum atomic E-state index is 0.103. The first kappa shape index (κ1) is 9.46. The number of ketones is 1. The molecule has 1 aromatic heterocycles. The number of nitrogens with one attached hydrogen (secondary N) is 1. The molecule has 1 fully saturated rings. The monoisotopic (exact) mass is 193 g/mol. The number of aromatic amines is 1. The van der Waals surface area contributed by atoms with Crippen molar-refractivity contribution in [1.29, 1.82) is 0 Å². The molecule has 0 unspecified atom stereocenters. The zero-order valence-electron chi connectivity index (χ0n) is 8.38. The van der Waals surface area contributed by atoms with Crippen LogP contribution in [0.25, 0.3) is 0 Å². The van der Waals surface area contributed by atoms with Crippen LogP contribution in [0, 0.1) is 0 Å². The van der Waals surface area contributed by atoms with Crippen molar-refractivity contribution in [3.05, 3.63) is 24.0 Å². The van der Waals surface area contributed by atoms with Gasteiger partial charge in [-0.05, 0) is 25.0 Å². The largest absolute Gasteiger partial charge is 0.379 e. The van der Waals surface area contributed by atoms with Gasteiger partial charge in [-0.2, -0.15) is 0 Å². The Morgan fingerprint density at radius 3 is 2.86 bits per heavy atom. The van der Waals surface area contributed by atoms with Gasteiger partial charge in [0.25, 0.3) is 0 Å². The smallest absolute Gasteiger partial charge is 0.129 e. The SMILES string of the molecule is CC(=O)CCC1(c2cc[nH]c2)COC1. The van der Waals surface area contributed by atoms with Gasteiger partial charge in [0, 0.05) is 24.2 Å². The summed E-state index contributed by atoms with van der Waals surface area (Å²) < 4.78 is 5.27. The van der Waals surface area contributed by atoms with E-state index in [1.54, 1.807) is 6.92 Å². The van der Waals surface area contributed by atoms with E-state index in [0.29, 0.717) is 6.42 Å². The quantitative estimate of drug-likeness (QED) is 0.790. The van der Waals surface area contributed by atoms with Crippen molar-refractivity contribution in [2.75, 3.05) is 13.2 Å². The third kappa shape index (κ3) is 1.60. The van der Waals surface area contributed by atoms with Gasteiger partial charge in [0.15, 0.2) is 0 Å². The normalized spacial score (nSPS) is 18.9. The van der Waals surface area contributed by atoms with Crippen LogP contribution in [0.4, 0.5) is 0 Å². The molecule has 2 rings (SSSR count). The lowest BCUT2D eigenvalue weighted by molar-refractivity contribution is -0.119. The molecule has 0 radical (unpaired) electrons. The molecule has 2 heterocycles. The first-order chi connectivity index (χ1) is 6.73. The molecule has 0 aliphatic carbocycles. The van der Waals surface area contributed by atoms with Crippen LogP contribution in [0.3, 0.4) is 0 Å². The Balaban J connectivity index is 2.07. The standard InChI is InChI=1S/C11H15NO2/c1-9(13)2-4-11(7-14-8-11)10-3-5-12-6-10/h3,5-6,12H,2,4,7-8H2,1H3. The van der Waals surface area contributed by atoms with Crippen molar-refractivity contribution in [1.82, 2.24) is 4.98 Å². The molecule has 0 spiro atoms. The summed E-state index contributed by atoms with van der Waals surface area (Å²) >= 11 is 0. The van der Waals surface area contributed by atoms with Crippen molar-refractivity contribution >= 4 is 5.78 Å². The molecule has 1 aliphatic heterocycles. The fraction of sp³-hybridized carbons (Fsp3) is 0.545. The molecule has 14 heavy (non-hydrogen) atoms. The van der Waals surface area contributed by atoms with Crippen LogP contribution in [0.5, 0.6) is 0 Å². The second-order valence-electron chi connectivity index (χ2n) is 4.07. The number of hydrogen-bond donors (Lipinski definition) is 1. The lowest BCUT2D eigenvalue weighted by Gasteiger charge is -2.41. The third-order valence-electron chi connectivity index (χ3n) is 2.92. The molecule has 1 N–H and O–H groups in total. The maximum atomic E-state index is 11.0. The number of carbonyl (C=O) groups is 1. The maximum Gasteiger partial charge on any atom is 0.129 e. The summed E-state index contributed by atoms with van der Waals surface area (Å²) in [5, 5.41) is 0. The van der Waals surface area contributed by atoms with E-state index in [2.05, 4.69) is 11.1 Å². The van der Waals surface area contributed by atoms with Crippen molar-refractivity contribution in [2.24, 2.45) is 0 Å². The minimum absolute atomic E-state index is 0.103. The highest BCUT2D eigenvalue weighted by Gasteiger charge is 2.40. The second kappa shape index (κ2) is 3.58. The van der Waals surface area contributed by atoms with Gasteiger partial charge in [-0.15, -0.1) is 0 Å². The molecule has 3 nitrogen and oxygen atoms in total. The van der Waals surface area contributed by atoms with Crippen molar-refractivity contribution in [3.8, 4) is 0 Å². The van der Waals surface area contributed by atoms with Gasteiger partial charge in [0.2, 0.25) is 0 Å². The summed E-state index contributed by atoms with van der Waals surface area (Å²) in [5.41, 5.74) is 1.37. The highest BCUT2D eigenvalue weighted by molar-refractivity contribution is 5.75. The zero-order chi connectivity index (χ0) is 10.0. The number of carbonyl (C=O) groups excluding carboxylic acids is 1. The van der Waals surface area contributed by atoms with Crippen molar-refractivity contribution < 1.29 is 9.53 Å². The van der Waals surface area contributed by atoms with Crippen molar-refractivity contribution in [3.63, 3.8) is 0 Å². The lowest BCUT2D eigenvalue weighted by Crippen LogP contribution is -2.46. The van der Waals surface area contributed by atoms with Gasteiger partial charge >= 0.3 is 0 Å². The third-order valence-corrected chi connectivity index (χ3v) is 2.92. The number of rotatable bonds is 4. The van der Waals surface area contributed by atoms with E-state index in [0.717, 1.165) is 19.6 Å². The highest BCUT2D eigenvalue weighted by atomic mass is 16.5. The summed E-state index contributed by atoms with van der Waals surface area (Å²) in [5.74, 6) is 0.256. The van der Waals surface area contributed by atoms with Gasteiger partial charge in [-0.3, -0.25) is 0 Å². The summed E-state index contributed by atoms with van der Waals surface area (Å²) in [6.07, 6.45) is 5.47. The number of hydrogen-bond acceptors (Lipinski definition) is 2. The Bertz CT molecular complexity index is 312. The van der Waals surface area contributed by atoms with Crippen molar-refractivity contribution in [2.45, 2.75) is 25.2 Å². The van der Waals surface area contributed by atoms with Gasteiger partial charge < -0.3 is 14.5 Å². The first-order valence-electron chi connectivity index (χ1n) is 4.93. The Kier molecular flexibility index (Phi) is 2.42. The van der Waals surface area contributed by atoms with Crippen LogP contribution in [-0.2, 0) is 14.9 Å². The number of aromatic nitrogens is 1. The van der Waals surface area contributed by atoms with E-state index in [1.165, 1.54) is 5.56 Å². The lowest BCUT2D eigenvalue weighted by atomic mass is 9.76. The van der Waals surface area contributed by atoms with E-state index in [4.69, 9.17) is 4.74 Å². The molecule has 0 saturated carbocycles. The molecule has 1 aromatic rings. The Morgan fingerprint density at radius 2 is 2.43 bits per heavy atom. The minimum Gasteiger partial charge on any atom is -0.379 e. The molecular formula is C11H15NO2.